The van der Waals surface area contributed by atoms with Crippen LogP contribution in [0.3, 0.4) is 0 Å². The van der Waals surface area contributed by atoms with Gasteiger partial charge < -0.3 is 4.74 Å². The average Bonchev–Trinajstić information content (AvgIpc) is 1.84. The number of carbonyl (C=O) groups is 2. The lowest BCUT2D eigenvalue weighted by molar-refractivity contribution is -0.104. The molecule has 12 heavy (non-hydrogen) atoms. The Morgan fingerprint density at radius 1 is 1.42 bits per heavy atom. The number of alkyl carbamates (subject to hydrolysis) is 1. The Hall–Kier alpha value is -1.32. The maximum absolute atomic E-state index is 10.8. The number of hydrogen-bond donors (Lipinski definition) is 1. The SMILES string of the molecule is CC(C)(C)OC(=O)NC=CC=O. The first-order valence-corrected chi connectivity index (χ1v) is 3.55. The maximum atomic E-state index is 10.8. The van der Waals surface area contributed by atoms with Gasteiger partial charge in [0.1, 0.15) is 11.9 Å². The van der Waals surface area contributed by atoms with Crippen LogP contribution in [0.15, 0.2) is 12.3 Å². The number of aldehydes is 1. The third-order valence-electron chi connectivity index (χ3n) is 0.775. The number of carbonyl (C=O) groups excluding carboxylic acids is 2. The number of rotatable bonds is 2. The van der Waals surface area contributed by atoms with Gasteiger partial charge in [-0.15, -0.1) is 0 Å². The van der Waals surface area contributed by atoms with Gasteiger partial charge in [-0.2, -0.15) is 0 Å². The van der Waals surface area contributed by atoms with E-state index < -0.39 is 11.7 Å². The van der Waals surface area contributed by atoms with Crippen LogP contribution in [0.1, 0.15) is 20.8 Å². The monoisotopic (exact) mass is 171 g/mol. The molecule has 0 aliphatic heterocycles. The van der Waals surface area contributed by atoms with Crippen molar-refractivity contribution in [3.63, 3.8) is 0 Å². The Morgan fingerprint density at radius 2 is 2.00 bits per heavy atom. The van der Waals surface area contributed by atoms with E-state index in [1.807, 2.05) is 0 Å². The van der Waals surface area contributed by atoms with Crippen molar-refractivity contribution < 1.29 is 14.3 Å². The van der Waals surface area contributed by atoms with Crippen LogP contribution in [0.5, 0.6) is 0 Å². The van der Waals surface area contributed by atoms with Gasteiger partial charge in [-0.3, -0.25) is 10.1 Å². The molecular formula is C8H13NO3. The summed E-state index contributed by atoms with van der Waals surface area (Å²) in [5.41, 5.74) is -0.515. The molecule has 0 fully saturated rings. The molecule has 0 atom stereocenters. The van der Waals surface area contributed by atoms with Crippen molar-refractivity contribution in [2.75, 3.05) is 0 Å². The summed E-state index contributed by atoms with van der Waals surface area (Å²) < 4.78 is 4.87. The second-order valence-corrected chi connectivity index (χ2v) is 3.14. The third-order valence-corrected chi connectivity index (χ3v) is 0.775. The first-order chi connectivity index (χ1) is 5.45. The van der Waals surface area contributed by atoms with E-state index >= 15 is 0 Å². The summed E-state index contributed by atoms with van der Waals surface area (Å²) >= 11 is 0. The zero-order chi connectivity index (χ0) is 9.61. The molecule has 0 aromatic carbocycles. The molecule has 1 N–H and O–H groups in total. The lowest BCUT2D eigenvalue weighted by Gasteiger charge is -2.18. The van der Waals surface area contributed by atoms with E-state index in [9.17, 15) is 9.59 Å². The van der Waals surface area contributed by atoms with Gasteiger partial charge in [0.15, 0.2) is 0 Å². The molecule has 0 aromatic heterocycles. The van der Waals surface area contributed by atoms with E-state index in [2.05, 4.69) is 5.32 Å². The lowest BCUT2D eigenvalue weighted by Crippen LogP contribution is -2.29. The normalized spacial score (nSPS) is 11.2. The fourth-order valence-electron chi connectivity index (χ4n) is 0.463. The van der Waals surface area contributed by atoms with E-state index in [0.29, 0.717) is 6.29 Å². The van der Waals surface area contributed by atoms with Gasteiger partial charge in [-0.1, -0.05) is 0 Å². The summed E-state index contributed by atoms with van der Waals surface area (Å²) in [6.07, 6.45) is 2.39. The standard InChI is InChI=1S/C8H13NO3/c1-8(2,3)12-7(11)9-5-4-6-10/h4-6H,1-3H3,(H,9,11). The van der Waals surface area contributed by atoms with E-state index in [1.54, 1.807) is 20.8 Å². The zero-order valence-electron chi connectivity index (χ0n) is 7.46. The molecule has 4 nitrogen and oxygen atoms in total. The van der Waals surface area contributed by atoms with E-state index in [4.69, 9.17) is 4.74 Å². The van der Waals surface area contributed by atoms with Gasteiger partial charge in [-0.05, 0) is 26.8 Å². The van der Waals surface area contributed by atoms with E-state index in [0.717, 1.165) is 0 Å². The predicted octanol–water partition coefficient (Wildman–Crippen LogP) is 1.22. The first-order valence-electron chi connectivity index (χ1n) is 3.55. The first kappa shape index (κ1) is 10.7. The van der Waals surface area contributed by atoms with Crippen molar-refractivity contribution in [3.8, 4) is 0 Å². The summed E-state index contributed by atoms with van der Waals surface area (Å²) in [5, 5.41) is 2.27. The topological polar surface area (TPSA) is 55.4 Å². The van der Waals surface area contributed by atoms with Crippen LogP contribution in [0, 0.1) is 0 Å². The van der Waals surface area contributed by atoms with Crippen LogP contribution >= 0.6 is 0 Å². The highest BCUT2D eigenvalue weighted by Crippen LogP contribution is 2.05. The van der Waals surface area contributed by atoms with Crippen molar-refractivity contribution in [2.24, 2.45) is 0 Å². The zero-order valence-corrected chi connectivity index (χ0v) is 7.46. The van der Waals surface area contributed by atoms with E-state index in [1.165, 1.54) is 12.3 Å². The van der Waals surface area contributed by atoms with Gasteiger partial charge in [0, 0.05) is 6.20 Å². The molecule has 0 saturated carbocycles. The summed E-state index contributed by atoms with van der Waals surface area (Å²) in [6, 6.07) is 0. The van der Waals surface area contributed by atoms with Gasteiger partial charge in [0.25, 0.3) is 0 Å². The average molecular weight is 171 g/mol. The lowest BCUT2D eigenvalue weighted by atomic mass is 10.2. The smallest absolute Gasteiger partial charge is 0.411 e. The van der Waals surface area contributed by atoms with Crippen LogP contribution in [-0.2, 0) is 9.53 Å². The van der Waals surface area contributed by atoms with Gasteiger partial charge >= 0.3 is 6.09 Å². The highest BCUT2D eigenvalue weighted by molar-refractivity contribution is 5.71. The van der Waals surface area contributed by atoms with Crippen molar-refractivity contribution >= 4 is 12.4 Å². The molecule has 0 radical (unpaired) electrons. The molecule has 0 saturated heterocycles. The molecule has 0 aliphatic carbocycles. The number of hydrogen-bond acceptors (Lipinski definition) is 3. The Balaban J connectivity index is 3.75. The molecule has 0 rings (SSSR count). The second-order valence-electron chi connectivity index (χ2n) is 3.14. The van der Waals surface area contributed by atoms with Crippen molar-refractivity contribution in [3.05, 3.63) is 12.3 Å². The van der Waals surface area contributed by atoms with Crippen LogP contribution in [0.2, 0.25) is 0 Å². The summed E-state index contributed by atoms with van der Waals surface area (Å²) in [7, 11) is 0. The Bertz CT molecular complexity index is 191. The van der Waals surface area contributed by atoms with Crippen LogP contribution in [0.25, 0.3) is 0 Å². The molecule has 68 valence electrons. The highest BCUT2D eigenvalue weighted by Gasteiger charge is 2.14. The molecular weight excluding hydrogens is 158 g/mol. The Morgan fingerprint density at radius 3 is 2.42 bits per heavy atom. The minimum atomic E-state index is -0.569. The van der Waals surface area contributed by atoms with Crippen LogP contribution < -0.4 is 5.32 Å². The second kappa shape index (κ2) is 4.54. The van der Waals surface area contributed by atoms with Crippen LogP contribution in [0.4, 0.5) is 4.79 Å². The quantitative estimate of drug-likeness (QED) is 0.502. The molecule has 0 unspecified atom stereocenters. The van der Waals surface area contributed by atoms with Crippen LogP contribution in [-0.4, -0.2) is 18.0 Å². The van der Waals surface area contributed by atoms with E-state index in [-0.39, 0.29) is 0 Å². The van der Waals surface area contributed by atoms with Gasteiger partial charge in [0.2, 0.25) is 0 Å². The third kappa shape index (κ3) is 6.80. The molecule has 4 heteroatoms. The van der Waals surface area contributed by atoms with Crippen molar-refractivity contribution in [1.29, 1.82) is 0 Å². The minimum absolute atomic E-state index is 0.515. The maximum Gasteiger partial charge on any atom is 0.411 e. The number of allylic oxidation sites excluding steroid dienone is 1. The molecule has 0 aliphatic rings. The number of nitrogens with one attached hydrogen (secondary N) is 1. The Kier molecular flexibility index (Phi) is 4.04. The number of ether oxygens (including phenoxy) is 1. The van der Waals surface area contributed by atoms with Crippen molar-refractivity contribution in [2.45, 2.75) is 26.4 Å². The van der Waals surface area contributed by atoms with Gasteiger partial charge in [0.05, 0.1) is 0 Å². The molecule has 1 amide bonds. The summed E-state index contributed by atoms with van der Waals surface area (Å²) in [6.45, 7) is 5.28. The largest absolute Gasteiger partial charge is 0.444 e. The summed E-state index contributed by atoms with van der Waals surface area (Å²) in [5.74, 6) is 0. The predicted molar refractivity (Wildman–Crippen MR) is 44.6 cm³/mol. The fraction of sp³-hybridized carbons (Fsp3) is 0.500. The molecule has 0 heterocycles. The summed E-state index contributed by atoms with van der Waals surface area (Å²) in [4.78, 5) is 20.6. The molecule has 0 aromatic rings. The van der Waals surface area contributed by atoms with Crippen molar-refractivity contribution in [1.82, 2.24) is 5.32 Å². The van der Waals surface area contributed by atoms with Gasteiger partial charge in [-0.25, -0.2) is 4.79 Å². The molecule has 0 spiro atoms. The minimum Gasteiger partial charge on any atom is -0.444 e. The fourth-order valence-corrected chi connectivity index (χ4v) is 0.463. The Labute approximate surface area is 71.6 Å². The molecule has 0 bridgehead atoms. The number of amides is 1. The highest BCUT2D eigenvalue weighted by atomic mass is 16.6.